The van der Waals surface area contributed by atoms with Crippen LogP contribution in [0.4, 0.5) is 0 Å². The highest BCUT2D eigenvalue weighted by Crippen LogP contribution is 2.24. The molecule has 1 aliphatic carbocycles. The van der Waals surface area contributed by atoms with Crippen molar-refractivity contribution in [2.24, 2.45) is 5.92 Å². The van der Waals surface area contributed by atoms with E-state index in [4.69, 9.17) is 9.47 Å². The Morgan fingerprint density at radius 2 is 2.00 bits per heavy atom. The van der Waals surface area contributed by atoms with Crippen molar-refractivity contribution in [2.75, 3.05) is 26.9 Å². The van der Waals surface area contributed by atoms with Gasteiger partial charge in [0.2, 0.25) is 0 Å². The van der Waals surface area contributed by atoms with Crippen molar-refractivity contribution in [2.45, 2.75) is 51.5 Å². The van der Waals surface area contributed by atoms with E-state index in [2.05, 4.69) is 5.32 Å². The summed E-state index contributed by atoms with van der Waals surface area (Å²) >= 11 is 0. The molecular weight excluding hydrogens is 230 g/mol. The summed E-state index contributed by atoms with van der Waals surface area (Å²) in [6.45, 7) is 5.18. The number of carbonyl (C=O) groups excluding carboxylic acids is 1. The van der Waals surface area contributed by atoms with Gasteiger partial charge in [-0.15, -0.1) is 0 Å². The average Bonchev–Trinajstić information content (AvgIpc) is 2.40. The Bertz CT molecular complexity index is 251. The molecule has 1 atom stereocenters. The fourth-order valence-electron chi connectivity index (χ4n) is 2.31. The number of likely N-dealkylation sites (N-methyl/N-ethyl adjacent to an activating group) is 1. The molecule has 1 rings (SSSR count). The molecule has 0 bridgehead atoms. The molecule has 0 radical (unpaired) electrons. The van der Waals surface area contributed by atoms with Crippen LogP contribution in [-0.4, -0.2) is 38.4 Å². The molecule has 0 saturated heterocycles. The zero-order chi connectivity index (χ0) is 13.4. The predicted octanol–water partition coefficient (Wildman–Crippen LogP) is 2.12. The Balaban J connectivity index is 2.31. The Morgan fingerprint density at radius 3 is 2.56 bits per heavy atom. The maximum Gasteiger partial charge on any atom is 0.328 e. The van der Waals surface area contributed by atoms with Gasteiger partial charge in [0.15, 0.2) is 0 Å². The number of ether oxygens (including phenoxy) is 2. The lowest BCUT2D eigenvalue weighted by Crippen LogP contribution is -2.52. The summed E-state index contributed by atoms with van der Waals surface area (Å²) in [5.74, 6) is 0.429. The molecular formula is C14H27NO3. The molecule has 1 unspecified atom stereocenters. The standard InChI is InChI=1S/C14H27NO3/c1-4-18-13(16)14(2,15-3)11-17-10-12-8-6-5-7-9-12/h12,15H,4-11H2,1-3H3. The molecule has 1 aliphatic rings. The van der Waals surface area contributed by atoms with Crippen molar-refractivity contribution in [3.05, 3.63) is 0 Å². The molecule has 0 aromatic carbocycles. The Kier molecular flexibility index (Phi) is 6.65. The van der Waals surface area contributed by atoms with Gasteiger partial charge in [-0.25, -0.2) is 4.79 Å². The van der Waals surface area contributed by atoms with Crippen molar-refractivity contribution in [3.63, 3.8) is 0 Å². The maximum atomic E-state index is 11.8. The van der Waals surface area contributed by atoms with Crippen LogP contribution >= 0.6 is 0 Å². The molecule has 0 aromatic rings. The second-order valence-electron chi connectivity index (χ2n) is 5.32. The van der Waals surface area contributed by atoms with Gasteiger partial charge < -0.3 is 14.8 Å². The second-order valence-corrected chi connectivity index (χ2v) is 5.32. The zero-order valence-electron chi connectivity index (χ0n) is 12.0. The lowest BCUT2D eigenvalue weighted by molar-refractivity contribution is -0.153. The molecule has 1 saturated carbocycles. The lowest BCUT2D eigenvalue weighted by atomic mass is 9.90. The summed E-state index contributed by atoms with van der Waals surface area (Å²) in [5.41, 5.74) is -0.731. The Hall–Kier alpha value is -0.610. The van der Waals surface area contributed by atoms with Crippen LogP contribution in [0.25, 0.3) is 0 Å². The van der Waals surface area contributed by atoms with E-state index in [9.17, 15) is 4.79 Å². The first-order chi connectivity index (χ1) is 8.62. The van der Waals surface area contributed by atoms with Crippen LogP contribution in [-0.2, 0) is 14.3 Å². The van der Waals surface area contributed by atoms with Gasteiger partial charge in [-0.3, -0.25) is 0 Å². The van der Waals surface area contributed by atoms with Crippen LogP contribution in [0.2, 0.25) is 0 Å². The van der Waals surface area contributed by atoms with Crippen LogP contribution in [0.5, 0.6) is 0 Å². The molecule has 4 heteroatoms. The molecule has 0 aromatic heterocycles. The third-order valence-corrected chi connectivity index (χ3v) is 3.75. The van der Waals surface area contributed by atoms with Gasteiger partial charge in [-0.05, 0) is 39.7 Å². The van der Waals surface area contributed by atoms with E-state index in [1.165, 1.54) is 32.1 Å². The molecule has 0 heterocycles. The van der Waals surface area contributed by atoms with Crippen molar-refractivity contribution in [3.8, 4) is 0 Å². The summed E-state index contributed by atoms with van der Waals surface area (Å²) in [5, 5.41) is 3.00. The minimum Gasteiger partial charge on any atom is -0.465 e. The quantitative estimate of drug-likeness (QED) is 0.710. The first-order valence-electron chi connectivity index (χ1n) is 7.06. The average molecular weight is 257 g/mol. The number of hydrogen-bond acceptors (Lipinski definition) is 4. The third-order valence-electron chi connectivity index (χ3n) is 3.75. The molecule has 106 valence electrons. The highest BCUT2D eigenvalue weighted by atomic mass is 16.5. The van der Waals surface area contributed by atoms with Crippen molar-refractivity contribution in [1.29, 1.82) is 0 Å². The van der Waals surface area contributed by atoms with E-state index in [0.717, 1.165) is 6.61 Å². The predicted molar refractivity (Wildman–Crippen MR) is 71.5 cm³/mol. The normalized spacial score (nSPS) is 20.4. The largest absolute Gasteiger partial charge is 0.465 e. The van der Waals surface area contributed by atoms with Crippen molar-refractivity contribution < 1.29 is 14.3 Å². The minimum absolute atomic E-state index is 0.240. The fraction of sp³-hybridized carbons (Fsp3) is 0.929. The molecule has 4 nitrogen and oxygen atoms in total. The van der Waals surface area contributed by atoms with Crippen LogP contribution in [0.3, 0.4) is 0 Å². The number of nitrogens with one attached hydrogen (secondary N) is 1. The zero-order valence-corrected chi connectivity index (χ0v) is 12.0. The summed E-state index contributed by atoms with van der Waals surface area (Å²) < 4.78 is 10.8. The van der Waals surface area contributed by atoms with Gasteiger partial charge in [-0.1, -0.05) is 19.3 Å². The molecule has 1 fully saturated rings. The summed E-state index contributed by atoms with van der Waals surface area (Å²) in [7, 11) is 1.76. The SMILES string of the molecule is CCOC(=O)C(C)(COCC1CCCCC1)NC. The van der Waals surface area contributed by atoms with Gasteiger partial charge in [0, 0.05) is 6.61 Å². The van der Waals surface area contributed by atoms with Gasteiger partial charge in [0.05, 0.1) is 13.2 Å². The van der Waals surface area contributed by atoms with Crippen LogP contribution < -0.4 is 5.32 Å². The van der Waals surface area contributed by atoms with Crippen LogP contribution in [0.1, 0.15) is 46.0 Å². The van der Waals surface area contributed by atoms with Crippen molar-refractivity contribution >= 4 is 5.97 Å². The highest BCUT2D eigenvalue weighted by molar-refractivity contribution is 5.80. The third kappa shape index (κ3) is 4.58. The monoisotopic (exact) mass is 257 g/mol. The van der Waals surface area contributed by atoms with Crippen LogP contribution in [0.15, 0.2) is 0 Å². The van der Waals surface area contributed by atoms with Crippen LogP contribution in [0, 0.1) is 5.92 Å². The number of carbonyl (C=O) groups is 1. The van der Waals surface area contributed by atoms with Gasteiger partial charge in [0.25, 0.3) is 0 Å². The second kappa shape index (κ2) is 7.74. The summed E-state index contributed by atoms with van der Waals surface area (Å²) in [4.78, 5) is 11.8. The molecule has 18 heavy (non-hydrogen) atoms. The van der Waals surface area contributed by atoms with Crippen molar-refractivity contribution in [1.82, 2.24) is 5.32 Å². The number of hydrogen-bond donors (Lipinski definition) is 1. The molecule has 1 N–H and O–H groups in total. The lowest BCUT2D eigenvalue weighted by Gasteiger charge is -2.28. The van der Waals surface area contributed by atoms with E-state index in [0.29, 0.717) is 19.1 Å². The Morgan fingerprint density at radius 1 is 1.33 bits per heavy atom. The summed E-state index contributed by atoms with van der Waals surface area (Å²) in [6, 6.07) is 0. The minimum atomic E-state index is -0.731. The maximum absolute atomic E-state index is 11.8. The van der Waals surface area contributed by atoms with E-state index in [1.807, 2.05) is 13.8 Å². The van der Waals surface area contributed by atoms with Gasteiger partial charge in [0.1, 0.15) is 5.54 Å². The van der Waals surface area contributed by atoms with E-state index < -0.39 is 5.54 Å². The number of esters is 1. The topological polar surface area (TPSA) is 47.6 Å². The van der Waals surface area contributed by atoms with E-state index in [1.54, 1.807) is 7.05 Å². The fourth-order valence-corrected chi connectivity index (χ4v) is 2.31. The molecule has 0 amide bonds. The smallest absolute Gasteiger partial charge is 0.328 e. The van der Waals surface area contributed by atoms with Gasteiger partial charge in [-0.2, -0.15) is 0 Å². The highest BCUT2D eigenvalue weighted by Gasteiger charge is 2.33. The first kappa shape index (κ1) is 15.4. The molecule has 0 spiro atoms. The summed E-state index contributed by atoms with van der Waals surface area (Å²) in [6.07, 6.45) is 6.50. The first-order valence-corrected chi connectivity index (χ1v) is 7.06. The Labute approximate surface area is 110 Å². The van der Waals surface area contributed by atoms with Gasteiger partial charge >= 0.3 is 5.97 Å². The van der Waals surface area contributed by atoms with E-state index >= 15 is 0 Å². The number of rotatable bonds is 7. The molecule has 0 aliphatic heterocycles. The van der Waals surface area contributed by atoms with E-state index in [-0.39, 0.29) is 5.97 Å².